The van der Waals surface area contributed by atoms with Crippen LogP contribution in [0.2, 0.25) is 0 Å². The van der Waals surface area contributed by atoms with E-state index in [1.165, 1.54) is 18.2 Å². The number of hydrogen-bond donors (Lipinski definition) is 1. The lowest BCUT2D eigenvalue weighted by molar-refractivity contribution is 0.243. The van der Waals surface area contributed by atoms with Gasteiger partial charge in [0.1, 0.15) is 17.3 Å². The molecule has 2 atom stereocenters. The van der Waals surface area contributed by atoms with Crippen molar-refractivity contribution in [2.45, 2.75) is 38.0 Å². The van der Waals surface area contributed by atoms with Gasteiger partial charge in [-0.1, -0.05) is 19.9 Å². The summed E-state index contributed by atoms with van der Waals surface area (Å²) in [5.74, 6) is -0.528. The number of nitrogens with one attached hydrogen (secondary N) is 1. The highest BCUT2D eigenvalue weighted by atomic mass is 19.1. The first-order valence-electron chi connectivity index (χ1n) is 10.6. The molecule has 0 unspecified atom stereocenters. The van der Waals surface area contributed by atoms with Gasteiger partial charge in [0, 0.05) is 12.4 Å². The summed E-state index contributed by atoms with van der Waals surface area (Å²) in [6.45, 7) is 4.43. The van der Waals surface area contributed by atoms with E-state index < -0.39 is 17.0 Å². The van der Waals surface area contributed by atoms with Gasteiger partial charge >= 0.3 is 0 Å². The van der Waals surface area contributed by atoms with Crippen LogP contribution in [0.25, 0.3) is 22.8 Å². The molecule has 6 nitrogen and oxygen atoms in total. The second kappa shape index (κ2) is 6.48. The van der Waals surface area contributed by atoms with Crippen LogP contribution in [0.5, 0.6) is 0 Å². The van der Waals surface area contributed by atoms with Crippen molar-refractivity contribution in [3.63, 3.8) is 0 Å². The van der Waals surface area contributed by atoms with Crippen molar-refractivity contribution in [1.29, 1.82) is 0 Å². The highest BCUT2D eigenvalue weighted by molar-refractivity contribution is 5.64. The van der Waals surface area contributed by atoms with Crippen LogP contribution in [0.1, 0.15) is 49.6 Å². The van der Waals surface area contributed by atoms with Gasteiger partial charge < -0.3 is 0 Å². The molecule has 3 aromatic heterocycles. The van der Waals surface area contributed by atoms with Crippen molar-refractivity contribution in [2.24, 2.45) is 5.41 Å². The Morgan fingerprint density at radius 3 is 2.59 bits per heavy atom. The molecule has 1 N–H and O–H groups in total. The fourth-order valence-corrected chi connectivity index (χ4v) is 5.86. The smallest absolute Gasteiger partial charge is 0.177 e. The van der Waals surface area contributed by atoms with E-state index in [-0.39, 0.29) is 22.6 Å². The second-order valence-corrected chi connectivity index (χ2v) is 9.08. The van der Waals surface area contributed by atoms with Crippen molar-refractivity contribution in [2.75, 3.05) is 0 Å². The molecular formula is C24H20F2N6. The number of fused-ring (bicyclic) bond motifs is 5. The zero-order valence-electron chi connectivity index (χ0n) is 17.6. The predicted octanol–water partition coefficient (Wildman–Crippen LogP) is 4.81. The molecule has 4 aromatic rings. The van der Waals surface area contributed by atoms with Gasteiger partial charge in [-0.25, -0.2) is 18.7 Å². The Morgan fingerprint density at radius 1 is 1.03 bits per heavy atom. The summed E-state index contributed by atoms with van der Waals surface area (Å²) < 4.78 is 28.8. The summed E-state index contributed by atoms with van der Waals surface area (Å²) >= 11 is 0. The minimum atomic E-state index is -0.642. The Hall–Kier alpha value is -3.55. The summed E-state index contributed by atoms with van der Waals surface area (Å²) in [6.07, 6.45) is 5.23. The Bertz CT molecular complexity index is 1330. The summed E-state index contributed by atoms with van der Waals surface area (Å²) in [4.78, 5) is 9.31. The summed E-state index contributed by atoms with van der Waals surface area (Å²) in [7, 11) is 0. The van der Waals surface area contributed by atoms with Gasteiger partial charge in [-0.15, -0.1) is 5.10 Å². The third-order valence-corrected chi connectivity index (χ3v) is 7.44. The number of rotatable bonds is 3. The minimum Gasteiger partial charge on any atom is -0.275 e. The van der Waals surface area contributed by atoms with Gasteiger partial charge in [0.25, 0.3) is 0 Å². The molecule has 2 aliphatic carbocycles. The predicted molar refractivity (Wildman–Crippen MR) is 114 cm³/mol. The van der Waals surface area contributed by atoms with Crippen LogP contribution < -0.4 is 0 Å². The van der Waals surface area contributed by atoms with Crippen LogP contribution in [-0.2, 0) is 5.41 Å². The van der Waals surface area contributed by atoms with E-state index in [4.69, 9.17) is 4.98 Å². The molecule has 2 aliphatic rings. The second-order valence-electron chi connectivity index (χ2n) is 9.08. The third-order valence-electron chi connectivity index (χ3n) is 7.44. The van der Waals surface area contributed by atoms with Gasteiger partial charge in [-0.3, -0.25) is 5.10 Å². The Kier molecular flexibility index (Phi) is 3.88. The Morgan fingerprint density at radius 2 is 1.84 bits per heavy atom. The summed E-state index contributed by atoms with van der Waals surface area (Å²) in [5.41, 5.74) is 2.89. The lowest BCUT2D eigenvalue weighted by atomic mass is 9.66. The lowest BCUT2D eigenvalue weighted by Gasteiger charge is -2.37. The number of H-pyrrole nitrogens is 1. The number of aromatic amines is 1. The molecule has 6 rings (SSSR count). The SMILES string of the molecule is CC1(C)[C@H]2CC[C@@]1(c1ccnc(-c3ccn[nH]3)n1)c1nnc(-c3c(F)cccc3F)cc12. The normalized spacial score (nSPS) is 22.8. The quantitative estimate of drug-likeness (QED) is 0.505. The van der Waals surface area contributed by atoms with Crippen molar-refractivity contribution < 1.29 is 8.78 Å². The topological polar surface area (TPSA) is 80.2 Å². The number of nitrogens with zero attached hydrogens (tertiary/aromatic N) is 5. The fourth-order valence-electron chi connectivity index (χ4n) is 5.86. The van der Waals surface area contributed by atoms with Gasteiger partial charge in [-0.2, -0.15) is 10.2 Å². The van der Waals surface area contributed by atoms with Crippen LogP contribution in [0.15, 0.2) is 48.8 Å². The largest absolute Gasteiger partial charge is 0.275 e. The van der Waals surface area contributed by atoms with Crippen LogP contribution in [0, 0.1) is 17.0 Å². The van der Waals surface area contributed by atoms with Gasteiger partial charge in [-0.05, 0) is 60.1 Å². The Labute approximate surface area is 183 Å². The number of aromatic nitrogens is 6. The average molecular weight is 430 g/mol. The van der Waals surface area contributed by atoms with E-state index in [9.17, 15) is 8.78 Å². The molecule has 2 bridgehead atoms. The molecule has 0 spiro atoms. The van der Waals surface area contributed by atoms with E-state index in [0.717, 1.165) is 35.5 Å². The zero-order chi connectivity index (χ0) is 22.1. The molecule has 1 saturated carbocycles. The van der Waals surface area contributed by atoms with E-state index >= 15 is 0 Å². The molecule has 0 amide bonds. The monoisotopic (exact) mass is 430 g/mol. The van der Waals surface area contributed by atoms with Crippen molar-refractivity contribution in [3.05, 3.63) is 77.4 Å². The maximum absolute atomic E-state index is 14.4. The summed E-state index contributed by atoms with van der Waals surface area (Å²) in [6, 6.07) is 9.41. The van der Waals surface area contributed by atoms with Crippen molar-refractivity contribution in [1.82, 2.24) is 30.4 Å². The number of halogens is 2. The third kappa shape index (κ3) is 2.35. The molecule has 1 fully saturated rings. The highest BCUT2D eigenvalue weighted by Crippen LogP contribution is 2.69. The number of hydrogen-bond acceptors (Lipinski definition) is 5. The van der Waals surface area contributed by atoms with Crippen molar-refractivity contribution in [3.8, 4) is 22.8 Å². The van der Waals surface area contributed by atoms with Crippen LogP contribution in [0.4, 0.5) is 8.78 Å². The fraction of sp³-hybridized carbons (Fsp3) is 0.292. The first-order valence-corrected chi connectivity index (χ1v) is 10.6. The van der Waals surface area contributed by atoms with E-state index in [2.05, 4.69) is 39.2 Å². The maximum atomic E-state index is 14.4. The summed E-state index contributed by atoms with van der Waals surface area (Å²) in [5, 5.41) is 15.8. The van der Waals surface area contributed by atoms with Crippen LogP contribution in [-0.4, -0.2) is 30.4 Å². The molecule has 3 heterocycles. The molecular weight excluding hydrogens is 410 g/mol. The Balaban J connectivity index is 1.54. The van der Waals surface area contributed by atoms with Crippen LogP contribution in [0.3, 0.4) is 0 Å². The standard InChI is InChI=1S/C24H20F2N6/c1-23(2)14-6-9-24(23,19-8-10-27-22(29-19)17-7-11-28-30-17)21-13(14)12-18(31-32-21)20-15(25)4-3-5-16(20)26/h3-5,7-8,10-12,14H,6,9H2,1-2H3,(H,28,30)/t14-,24+/m0/s1. The van der Waals surface area contributed by atoms with Gasteiger partial charge in [0.15, 0.2) is 5.82 Å². The highest BCUT2D eigenvalue weighted by Gasteiger charge is 2.65. The first-order chi connectivity index (χ1) is 15.4. The maximum Gasteiger partial charge on any atom is 0.177 e. The molecule has 0 aliphatic heterocycles. The van der Waals surface area contributed by atoms with Crippen molar-refractivity contribution >= 4 is 0 Å². The van der Waals surface area contributed by atoms with E-state index in [0.29, 0.717) is 5.82 Å². The van der Waals surface area contributed by atoms with E-state index in [1.807, 2.05) is 18.2 Å². The van der Waals surface area contributed by atoms with Gasteiger partial charge in [0.2, 0.25) is 0 Å². The molecule has 0 saturated heterocycles. The molecule has 8 heteroatoms. The van der Waals surface area contributed by atoms with E-state index in [1.54, 1.807) is 12.4 Å². The lowest BCUT2D eigenvalue weighted by Crippen LogP contribution is -2.38. The molecule has 1 aromatic carbocycles. The van der Waals surface area contributed by atoms with Gasteiger partial charge in [0.05, 0.1) is 28.1 Å². The minimum absolute atomic E-state index is 0.138. The average Bonchev–Trinajstić information content (AvgIpc) is 3.45. The number of benzene rings is 1. The molecule has 32 heavy (non-hydrogen) atoms. The molecule has 0 radical (unpaired) electrons. The van der Waals surface area contributed by atoms with Crippen LogP contribution >= 0.6 is 0 Å². The molecule has 160 valence electrons. The zero-order valence-corrected chi connectivity index (χ0v) is 17.6. The first kappa shape index (κ1) is 19.2.